The molecule has 68 valence electrons. The molecule has 0 aromatic carbocycles. The first kappa shape index (κ1) is 9.34. The van der Waals surface area contributed by atoms with Crippen LogP contribution in [0.2, 0.25) is 0 Å². The highest BCUT2D eigenvalue weighted by Crippen LogP contribution is 2.34. The standard InChI is InChI=1S/C6H7F3N2S/c7-6(8,9)5(11)3-1-2-4(10)12-3/h1-2,5H,10-11H2/t5-/m1/s1. The quantitative estimate of drug-likeness (QED) is 0.720. The van der Waals surface area contributed by atoms with Crippen LogP contribution in [0.15, 0.2) is 12.1 Å². The minimum absolute atomic E-state index is 0.0417. The van der Waals surface area contributed by atoms with Gasteiger partial charge in [-0.05, 0) is 12.1 Å². The van der Waals surface area contributed by atoms with E-state index in [1.54, 1.807) is 0 Å². The zero-order chi connectivity index (χ0) is 9.35. The molecule has 0 unspecified atom stereocenters. The maximum atomic E-state index is 12.0. The van der Waals surface area contributed by atoms with Crippen molar-refractivity contribution in [2.75, 3.05) is 5.73 Å². The van der Waals surface area contributed by atoms with Gasteiger partial charge in [0.1, 0.15) is 6.04 Å². The molecule has 0 spiro atoms. The van der Waals surface area contributed by atoms with Crippen LogP contribution in [0, 0.1) is 0 Å². The predicted octanol–water partition coefficient (Wildman–Crippen LogP) is 1.89. The lowest BCUT2D eigenvalue weighted by Gasteiger charge is -2.12. The predicted molar refractivity (Wildman–Crippen MR) is 41.7 cm³/mol. The van der Waals surface area contributed by atoms with Crippen LogP contribution in [0.4, 0.5) is 18.2 Å². The van der Waals surface area contributed by atoms with E-state index >= 15 is 0 Å². The van der Waals surface area contributed by atoms with E-state index in [-0.39, 0.29) is 4.88 Å². The van der Waals surface area contributed by atoms with Crippen molar-refractivity contribution >= 4 is 16.3 Å². The summed E-state index contributed by atoms with van der Waals surface area (Å²) in [7, 11) is 0. The van der Waals surface area contributed by atoms with Gasteiger partial charge in [0.2, 0.25) is 0 Å². The number of thiophene rings is 1. The van der Waals surface area contributed by atoms with Gasteiger partial charge in [0.25, 0.3) is 0 Å². The molecule has 6 heteroatoms. The summed E-state index contributed by atoms with van der Waals surface area (Å²) in [5, 5.41) is 0.338. The molecule has 1 rings (SSSR count). The summed E-state index contributed by atoms with van der Waals surface area (Å²) in [5.41, 5.74) is 10.2. The highest BCUT2D eigenvalue weighted by molar-refractivity contribution is 7.15. The largest absolute Gasteiger partial charge is 0.408 e. The second kappa shape index (κ2) is 2.95. The van der Waals surface area contributed by atoms with Gasteiger partial charge in [-0.15, -0.1) is 11.3 Å². The van der Waals surface area contributed by atoms with Crippen molar-refractivity contribution in [1.29, 1.82) is 0 Å². The lowest BCUT2D eigenvalue weighted by molar-refractivity contribution is -0.148. The summed E-state index contributed by atoms with van der Waals surface area (Å²) in [6.45, 7) is 0. The first-order chi connectivity index (χ1) is 5.41. The van der Waals surface area contributed by atoms with Gasteiger partial charge >= 0.3 is 6.18 Å². The fourth-order valence-corrected chi connectivity index (χ4v) is 1.50. The average Bonchev–Trinajstić information content (AvgIpc) is 2.32. The number of anilines is 1. The Labute approximate surface area is 71.0 Å². The molecule has 0 radical (unpaired) electrons. The molecule has 0 fully saturated rings. The van der Waals surface area contributed by atoms with Crippen molar-refractivity contribution in [1.82, 2.24) is 0 Å². The molecule has 0 aliphatic carbocycles. The number of halogens is 3. The third-order valence-electron chi connectivity index (χ3n) is 1.31. The average molecular weight is 196 g/mol. The van der Waals surface area contributed by atoms with Gasteiger partial charge in [-0.3, -0.25) is 0 Å². The molecule has 4 N–H and O–H groups in total. The van der Waals surface area contributed by atoms with Gasteiger partial charge in [-0.1, -0.05) is 0 Å². The van der Waals surface area contributed by atoms with Crippen LogP contribution >= 0.6 is 11.3 Å². The molecule has 0 saturated heterocycles. The van der Waals surface area contributed by atoms with Crippen LogP contribution in [-0.2, 0) is 0 Å². The Morgan fingerprint density at radius 1 is 1.33 bits per heavy atom. The molecule has 0 saturated carbocycles. The van der Waals surface area contributed by atoms with Crippen molar-refractivity contribution < 1.29 is 13.2 Å². The Hall–Kier alpha value is -0.750. The number of nitrogen functional groups attached to an aromatic ring is 1. The number of rotatable bonds is 1. The maximum Gasteiger partial charge on any atom is 0.408 e. The van der Waals surface area contributed by atoms with E-state index in [1.165, 1.54) is 12.1 Å². The lowest BCUT2D eigenvalue weighted by Crippen LogP contribution is -2.27. The van der Waals surface area contributed by atoms with Crippen LogP contribution in [0.1, 0.15) is 10.9 Å². The molecule has 2 nitrogen and oxygen atoms in total. The maximum absolute atomic E-state index is 12.0. The van der Waals surface area contributed by atoms with E-state index in [2.05, 4.69) is 0 Å². The Bertz CT molecular complexity index is 268. The van der Waals surface area contributed by atoms with Crippen LogP contribution in [0.25, 0.3) is 0 Å². The Kier molecular flexibility index (Phi) is 2.29. The molecule has 12 heavy (non-hydrogen) atoms. The van der Waals surface area contributed by atoms with Crippen molar-refractivity contribution in [3.05, 3.63) is 17.0 Å². The van der Waals surface area contributed by atoms with Gasteiger partial charge in [0.15, 0.2) is 0 Å². The summed E-state index contributed by atoms with van der Waals surface area (Å²) in [5.74, 6) is 0. The Morgan fingerprint density at radius 3 is 2.25 bits per heavy atom. The third kappa shape index (κ3) is 1.89. The summed E-state index contributed by atoms with van der Waals surface area (Å²) in [6, 6.07) is 0.781. The molecule has 1 aromatic heterocycles. The van der Waals surface area contributed by atoms with Crippen molar-refractivity contribution in [2.24, 2.45) is 5.73 Å². The second-order valence-corrected chi connectivity index (χ2v) is 3.41. The van der Waals surface area contributed by atoms with Crippen LogP contribution in [-0.4, -0.2) is 6.18 Å². The SMILES string of the molecule is Nc1ccc([C@@H](N)C(F)(F)F)s1. The van der Waals surface area contributed by atoms with E-state index in [0.717, 1.165) is 11.3 Å². The second-order valence-electron chi connectivity index (χ2n) is 2.26. The van der Waals surface area contributed by atoms with Gasteiger partial charge in [0, 0.05) is 4.88 Å². The van der Waals surface area contributed by atoms with Crippen molar-refractivity contribution in [3.8, 4) is 0 Å². The molecule has 0 bridgehead atoms. The van der Waals surface area contributed by atoms with Crippen molar-refractivity contribution in [2.45, 2.75) is 12.2 Å². The first-order valence-electron chi connectivity index (χ1n) is 3.09. The molecule has 0 aliphatic rings. The third-order valence-corrected chi connectivity index (χ3v) is 2.30. The van der Waals surface area contributed by atoms with E-state index in [1.807, 2.05) is 0 Å². The zero-order valence-corrected chi connectivity index (χ0v) is 6.75. The number of alkyl halides is 3. The lowest BCUT2D eigenvalue weighted by atomic mass is 10.2. The van der Waals surface area contributed by atoms with Crippen LogP contribution < -0.4 is 11.5 Å². The Balaban J connectivity index is 2.85. The number of hydrogen-bond acceptors (Lipinski definition) is 3. The van der Waals surface area contributed by atoms with Gasteiger partial charge in [-0.2, -0.15) is 13.2 Å². The molecule has 0 aliphatic heterocycles. The molecular formula is C6H7F3N2S. The van der Waals surface area contributed by atoms with Crippen LogP contribution in [0.3, 0.4) is 0 Å². The van der Waals surface area contributed by atoms with Crippen molar-refractivity contribution in [3.63, 3.8) is 0 Å². The fourth-order valence-electron chi connectivity index (χ4n) is 0.697. The normalized spacial score (nSPS) is 14.7. The highest BCUT2D eigenvalue weighted by atomic mass is 32.1. The molecule has 1 aromatic rings. The summed E-state index contributed by atoms with van der Waals surface area (Å²) in [4.78, 5) is 0.0417. The van der Waals surface area contributed by atoms with Gasteiger partial charge < -0.3 is 11.5 Å². The van der Waals surface area contributed by atoms with E-state index in [9.17, 15) is 13.2 Å². The summed E-state index contributed by atoms with van der Waals surface area (Å²) >= 11 is 0.855. The van der Waals surface area contributed by atoms with E-state index in [4.69, 9.17) is 11.5 Å². The minimum atomic E-state index is -4.39. The van der Waals surface area contributed by atoms with Gasteiger partial charge in [-0.25, -0.2) is 0 Å². The Morgan fingerprint density at radius 2 is 1.92 bits per heavy atom. The number of hydrogen-bond donors (Lipinski definition) is 2. The molecule has 1 atom stereocenters. The highest BCUT2D eigenvalue weighted by Gasteiger charge is 2.38. The topological polar surface area (TPSA) is 52.0 Å². The van der Waals surface area contributed by atoms with E-state index in [0.29, 0.717) is 5.00 Å². The van der Waals surface area contributed by atoms with E-state index < -0.39 is 12.2 Å². The molecule has 1 heterocycles. The van der Waals surface area contributed by atoms with Crippen LogP contribution in [0.5, 0.6) is 0 Å². The van der Waals surface area contributed by atoms with Gasteiger partial charge in [0.05, 0.1) is 5.00 Å². The minimum Gasteiger partial charge on any atom is -0.391 e. The monoisotopic (exact) mass is 196 g/mol. The molecule has 0 amide bonds. The molecular weight excluding hydrogens is 189 g/mol. The fraction of sp³-hybridized carbons (Fsp3) is 0.333. The first-order valence-corrected chi connectivity index (χ1v) is 3.90. The smallest absolute Gasteiger partial charge is 0.391 e. The summed E-state index contributed by atoms with van der Waals surface area (Å²) in [6.07, 6.45) is -4.39. The zero-order valence-electron chi connectivity index (χ0n) is 5.93. The summed E-state index contributed by atoms with van der Waals surface area (Å²) < 4.78 is 36.0. The number of nitrogens with two attached hydrogens (primary N) is 2.